The van der Waals surface area contributed by atoms with E-state index in [1.54, 1.807) is 12.4 Å². The fourth-order valence-electron chi connectivity index (χ4n) is 1.61. The van der Waals surface area contributed by atoms with Crippen LogP contribution in [0.15, 0.2) is 36.7 Å². The zero-order chi connectivity index (χ0) is 13.9. The van der Waals surface area contributed by atoms with Crippen LogP contribution in [-0.2, 0) is 11.3 Å². The van der Waals surface area contributed by atoms with Crippen LogP contribution < -0.4 is 4.74 Å². The van der Waals surface area contributed by atoms with Crippen molar-refractivity contribution in [2.24, 2.45) is 0 Å². The average molecular weight is 277 g/mol. The minimum atomic E-state index is 0.0908. The second kappa shape index (κ2) is 5.57. The maximum absolute atomic E-state index is 5.70. The van der Waals surface area contributed by atoms with Crippen LogP contribution in [0.3, 0.4) is 0 Å². The molecular weight excluding hydrogens is 260 g/mol. The molecule has 0 radical (unpaired) electrons. The van der Waals surface area contributed by atoms with E-state index in [-0.39, 0.29) is 5.41 Å². The lowest BCUT2D eigenvalue weighted by atomic mass is 9.87. The van der Waals surface area contributed by atoms with Crippen molar-refractivity contribution in [3.8, 4) is 11.6 Å². The van der Waals surface area contributed by atoms with Crippen LogP contribution >= 0.6 is 11.6 Å². The molecule has 0 amide bonds. The van der Waals surface area contributed by atoms with Crippen LogP contribution in [0.1, 0.15) is 32.0 Å². The van der Waals surface area contributed by atoms with Gasteiger partial charge >= 0.3 is 0 Å². The number of halogens is 1. The third-order valence-corrected chi connectivity index (χ3v) is 3.01. The number of alkyl halides is 1. The summed E-state index contributed by atoms with van der Waals surface area (Å²) in [4.78, 5) is 8.31. The highest BCUT2D eigenvalue weighted by molar-refractivity contribution is 6.16. The van der Waals surface area contributed by atoms with E-state index in [4.69, 9.17) is 16.3 Å². The fraction of sp³-hybridized carbons (Fsp3) is 0.333. The zero-order valence-electron chi connectivity index (χ0n) is 11.4. The molecule has 4 heteroatoms. The molecule has 0 saturated heterocycles. The molecule has 0 aliphatic carbocycles. The Kier molecular flexibility index (Phi) is 4.05. The molecule has 0 aliphatic heterocycles. The summed E-state index contributed by atoms with van der Waals surface area (Å²) in [6.07, 6.45) is 3.21. The van der Waals surface area contributed by atoms with Gasteiger partial charge in [-0.25, -0.2) is 4.98 Å². The Morgan fingerprint density at radius 1 is 1.16 bits per heavy atom. The number of aromatic nitrogens is 2. The van der Waals surface area contributed by atoms with Gasteiger partial charge in [-0.05, 0) is 23.1 Å². The maximum Gasteiger partial charge on any atom is 0.237 e. The first-order valence-corrected chi connectivity index (χ1v) is 6.68. The topological polar surface area (TPSA) is 35.0 Å². The largest absolute Gasteiger partial charge is 0.437 e. The van der Waals surface area contributed by atoms with Crippen LogP contribution in [0.4, 0.5) is 0 Å². The highest BCUT2D eigenvalue weighted by Crippen LogP contribution is 2.27. The van der Waals surface area contributed by atoms with Gasteiger partial charge in [0.2, 0.25) is 5.88 Å². The standard InChI is InChI=1S/C15H17ClN2O/c1-15(2,3)11-5-4-6-13(7-11)19-14-10-17-12(8-16)9-18-14/h4-7,9-10H,8H2,1-3H3. The molecule has 1 aromatic heterocycles. The Labute approximate surface area is 118 Å². The first kappa shape index (κ1) is 13.8. The molecule has 2 aromatic rings. The van der Waals surface area contributed by atoms with E-state index in [1.807, 2.05) is 18.2 Å². The summed E-state index contributed by atoms with van der Waals surface area (Å²) in [5.41, 5.74) is 2.04. The van der Waals surface area contributed by atoms with Gasteiger partial charge in [0.15, 0.2) is 0 Å². The van der Waals surface area contributed by atoms with E-state index in [2.05, 4.69) is 36.8 Å². The van der Waals surface area contributed by atoms with E-state index in [9.17, 15) is 0 Å². The minimum Gasteiger partial charge on any atom is -0.437 e. The van der Waals surface area contributed by atoms with Gasteiger partial charge in [0.1, 0.15) is 5.75 Å². The third kappa shape index (κ3) is 3.67. The normalized spacial score (nSPS) is 11.4. The second-order valence-electron chi connectivity index (χ2n) is 5.36. The molecular formula is C15H17ClN2O. The molecule has 1 heterocycles. The Balaban J connectivity index is 2.18. The number of benzene rings is 1. The summed E-state index contributed by atoms with van der Waals surface area (Å²) in [6.45, 7) is 6.50. The van der Waals surface area contributed by atoms with Crippen LogP contribution in [0.2, 0.25) is 0 Å². The molecule has 0 N–H and O–H groups in total. The smallest absolute Gasteiger partial charge is 0.237 e. The SMILES string of the molecule is CC(C)(C)c1cccc(Oc2cnc(CCl)cn2)c1. The molecule has 3 nitrogen and oxygen atoms in total. The average Bonchev–Trinajstić information content (AvgIpc) is 2.39. The van der Waals surface area contributed by atoms with Crippen molar-refractivity contribution in [1.82, 2.24) is 9.97 Å². The van der Waals surface area contributed by atoms with Crippen LogP contribution in [0.25, 0.3) is 0 Å². The maximum atomic E-state index is 5.70. The molecule has 0 bridgehead atoms. The van der Waals surface area contributed by atoms with Gasteiger partial charge in [0, 0.05) is 0 Å². The molecule has 19 heavy (non-hydrogen) atoms. The van der Waals surface area contributed by atoms with E-state index >= 15 is 0 Å². The highest BCUT2D eigenvalue weighted by Gasteiger charge is 2.14. The number of hydrogen-bond acceptors (Lipinski definition) is 3. The molecule has 2 rings (SSSR count). The summed E-state index contributed by atoms with van der Waals surface area (Å²) in [5, 5.41) is 0. The van der Waals surface area contributed by atoms with Gasteiger partial charge in [-0.3, -0.25) is 4.98 Å². The number of hydrogen-bond donors (Lipinski definition) is 0. The lowest BCUT2D eigenvalue weighted by molar-refractivity contribution is 0.456. The fourth-order valence-corrected chi connectivity index (χ4v) is 1.75. The van der Waals surface area contributed by atoms with Crippen molar-refractivity contribution in [2.75, 3.05) is 0 Å². The van der Waals surface area contributed by atoms with Gasteiger partial charge in [0.05, 0.1) is 24.0 Å². The first-order valence-electron chi connectivity index (χ1n) is 6.14. The van der Waals surface area contributed by atoms with E-state index in [0.717, 1.165) is 11.4 Å². The summed E-state index contributed by atoms with van der Waals surface area (Å²) in [6, 6.07) is 8.01. The predicted molar refractivity (Wildman–Crippen MR) is 76.8 cm³/mol. The molecule has 0 unspecified atom stereocenters. The van der Waals surface area contributed by atoms with Gasteiger partial charge in [-0.15, -0.1) is 11.6 Å². The van der Waals surface area contributed by atoms with Crippen LogP contribution in [-0.4, -0.2) is 9.97 Å². The Bertz CT molecular complexity index is 547. The highest BCUT2D eigenvalue weighted by atomic mass is 35.5. The van der Waals surface area contributed by atoms with Crippen molar-refractivity contribution in [3.63, 3.8) is 0 Å². The third-order valence-electron chi connectivity index (χ3n) is 2.74. The summed E-state index contributed by atoms with van der Waals surface area (Å²) >= 11 is 5.67. The summed E-state index contributed by atoms with van der Waals surface area (Å²) in [7, 11) is 0. The molecule has 0 spiro atoms. The monoisotopic (exact) mass is 276 g/mol. The van der Waals surface area contributed by atoms with Gasteiger partial charge in [-0.2, -0.15) is 0 Å². The predicted octanol–water partition coefficient (Wildman–Crippen LogP) is 4.31. The Hall–Kier alpha value is -1.61. The van der Waals surface area contributed by atoms with E-state index in [1.165, 1.54) is 5.56 Å². The van der Waals surface area contributed by atoms with Gasteiger partial charge < -0.3 is 4.74 Å². The molecule has 100 valence electrons. The lowest BCUT2D eigenvalue weighted by Crippen LogP contribution is -2.10. The van der Waals surface area contributed by atoms with Crippen molar-refractivity contribution in [2.45, 2.75) is 32.1 Å². The van der Waals surface area contributed by atoms with Crippen molar-refractivity contribution in [3.05, 3.63) is 47.9 Å². The Morgan fingerprint density at radius 3 is 2.53 bits per heavy atom. The van der Waals surface area contributed by atoms with Gasteiger partial charge in [0.25, 0.3) is 0 Å². The molecule has 0 saturated carbocycles. The number of nitrogens with zero attached hydrogens (tertiary/aromatic N) is 2. The number of ether oxygens (including phenoxy) is 1. The van der Waals surface area contributed by atoms with Gasteiger partial charge in [-0.1, -0.05) is 32.9 Å². The summed E-state index contributed by atoms with van der Waals surface area (Å²) in [5.74, 6) is 1.59. The second-order valence-corrected chi connectivity index (χ2v) is 5.63. The molecule has 0 aliphatic rings. The zero-order valence-corrected chi connectivity index (χ0v) is 12.1. The quantitative estimate of drug-likeness (QED) is 0.784. The van der Waals surface area contributed by atoms with Crippen molar-refractivity contribution >= 4 is 11.6 Å². The van der Waals surface area contributed by atoms with Crippen molar-refractivity contribution in [1.29, 1.82) is 0 Å². The molecule has 1 aromatic carbocycles. The molecule has 0 atom stereocenters. The summed E-state index contributed by atoms with van der Waals surface area (Å²) < 4.78 is 5.70. The first-order chi connectivity index (χ1) is 8.99. The van der Waals surface area contributed by atoms with Crippen LogP contribution in [0, 0.1) is 0 Å². The lowest BCUT2D eigenvalue weighted by Gasteiger charge is -2.19. The Morgan fingerprint density at radius 2 is 1.95 bits per heavy atom. The number of rotatable bonds is 3. The van der Waals surface area contributed by atoms with Crippen LogP contribution in [0.5, 0.6) is 11.6 Å². The van der Waals surface area contributed by atoms with E-state index in [0.29, 0.717) is 11.8 Å². The minimum absolute atomic E-state index is 0.0908. The van der Waals surface area contributed by atoms with E-state index < -0.39 is 0 Å². The molecule has 0 fully saturated rings. The van der Waals surface area contributed by atoms with Crippen molar-refractivity contribution < 1.29 is 4.74 Å².